The normalized spacial score (nSPS) is 20.4. The fourth-order valence-electron chi connectivity index (χ4n) is 2.51. The van der Waals surface area contributed by atoms with Crippen LogP contribution in [0.2, 0.25) is 0 Å². The molecule has 1 aromatic carbocycles. The Morgan fingerprint density at radius 2 is 2.31 bits per heavy atom. The molecule has 1 unspecified atom stereocenters. The second-order valence-electron chi connectivity index (χ2n) is 4.59. The standard InChI is InChI=1S/C13H19FN2/c1-2-3-10-6-7-16(9-10)13-5-4-11(14)8-12(13)15/h4-5,8,10H,2-3,6-7,9,15H2,1H3. The molecular formula is C13H19FN2. The van der Waals surface area contributed by atoms with Crippen molar-refractivity contribution in [1.29, 1.82) is 0 Å². The molecule has 3 heteroatoms. The van der Waals surface area contributed by atoms with Gasteiger partial charge in [-0.25, -0.2) is 4.39 Å². The number of benzene rings is 1. The molecule has 0 amide bonds. The highest BCUT2D eigenvalue weighted by Gasteiger charge is 2.23. The van der Waals surface area contributed by atoms with Gasteiger partial charge in [0.05, 0.1) is 11.4 Å². The molecule has 2 rings (SSSR count). The third kappa shape index (κ3) is 2.29. The van der Waals surface area contributed by atoms with Gasteiger partial charge in [0.2, 0.25) is 0 Å². The van der Waals surface area contributed by atoms with Crippen LogP contribution in [0.1, 0.15) is 26.2 Å². The lowest BCUT2D eigenvalue weighted by atomic mass is 10.0. The maximum absolute atomic E-state index is 12.9. The minimum atomic E-state index is -0.259. The summed E-state index contributed by atoms with van der Waals surface area (Å²) < 4.78 is 12.9. The average Bonchev–Trinajstić information content (AvgIpc) is 2.67. The number of nitrogens with two attached hydrogens (primary N) is 1. The van der Waals surface area contributed by atoms with Crippen molar-refractivity contribution in [3.8, 4) is 0 Å². The van der Waals surface area contributed by atoms with Crippen molar-refractivity contribution in [2.75, 3.05) is 23.7 Å². The van der Waals surface area contributed by atoms with Gasteiger partial charge in [-0.2, -0.15) is 0 Å². The fourth-order valence-corrected chi connectivity index (χ4v) is 2.51. The maximum atomic E-state index is 12.9. The number of hydrogen-bond acceptors (Lipinski definition) is 2. The van der Waals surface area contributed by atoms with Crippen molar-refractivity contribution < 1.29 is 4.39 Å². The molecule has 2 N–H and O–H groups in total. The number of halogens is 1. The summed E-state index contributed by atoms with van der Waals surface area (Å²) in [5.74, 6) is 0.514. The minimum absolute atomic E-state index is 0.259. The first-order chi connectivity index (χ1) is 7.70. The van der Waals surface area contributed by atoms with Crippen LogP contribution < -0.4 is 10.6 Å². The Hall–Kier alpha value is -1.25. The Balaban J connectivity index is 2.08. The molecule has 1 heterocycles. The third-order valence-corrected chi connectivity index (χ3v) is 3.31. The number of nitrogen functional groups attached to an aromatic ring is 1. The van der Waals surface area contributed by atoms with E-state index in [1.54, 1.807) is 6.07 Å². The van der Waals surface area contributed by atoms with Gasteiger partial charge in [-0.05, 0) is 37.0 Å². The Morgan fingerprint density at radius 3 is 3.00 bits per heavy atom. The quantitative estimate of drug-likeness (QED) is 0.796. The van der Waals surface area contributed by atoms with E-state index in [1.807, 2.05) is 0 Å². The van der Waals surface area contributed by atoms with E-state index >= 15 is 0 Å². The van der Waals surface area contributed by atoms with Crippen molar-refractivity contribution in [2.24, 2.45) is 5.92 Å². The monoisotopic (exact) mass is 222 g/mol. The van der Waals surface area contributed by atoms with E-state index in [0.29, 0.717) is 5.69 Å². The van der Waals surface area contributed by atoms with E-state index in [1.165, 1.54) is 31.4 Å². The zero-order chi connectivity index (χ0) is 11.5. The van der Waals surface area contributed by atoms with Crippen LogP contribution in [0.15, 0.2) is 18.2 Å². The zero-order valence-corrected chi connectivity index (χ0v) is 9.75. The largest absolute Gasteiger partial charge is 0.397 e. The molecular weight excluding hydrogens is 203 g/mol. The molecule has 0 aromatic heterocycles. The summed E-state index contributed by atoms with van der Waals surface area (Å²) in [6.07, 6.45) is 3.74. The second kappa shape index (κ2) is 4.73. The molecule has 1 atom stereocenters. The van der Waals surface area contributed by atoms with Gasteiger partial charge in [0.25, 0.3) is 0 Å². The highest BCUT2D eigenvalue weighted by molar-refractivity contribution is 5.67. The predicted molar refractivity (Wildman–Crippen MR) is 66.0 cm³/mol. The Morgan fingerprint density at radius 1 is 1.50 bits per heavy atom. The van der Waals surface area contributed by atoms with E-state index in [4.69, 9.17) is 5.73 Å². The summed E-state index contributed by atoms with van der Waals surface area (Å²) in [6, 6.07) is 4.68. The molecule has 1 aliphatic heterocycles. The fraction of sp³-hybridized carbons (Fsp3) is 0.538. The number of rotatable bonds is 3. The van der Waals surface area contributed by atoms with Gasteiger partial charge in [-0.15, -0.1) is 0 Å². The lowest BCUT2D eigenvalue weighted by Gasteiger charge is -2.20. The lowest BCUT2D eigenvalue weighted by Crippen LogP contribution is -2.20. The van der Waals surface area contributed by atoms with Gasteiger partial charge in [0, 0.05) is 13.1 Å². The van der Waals surface area contributed by atoms with Crippen LogP contribution in [-0.4, -0.2) is 13.1 Å². The smallest absolute Gasteiger partial charge is 0.125 e. The molecule has 1 aliphatic rings. The first-order valence-electron chi connectivity index (χ1n) is 6.00. The summed E-state index contributed by atoms with van der Waals surface area (Å²) in [7, 11) is 0. The number of nitrogens with zero attached hydrogens (tertiary/aromatic N) is 1. The third-order valence-electron chi connectivity index (χ3n) is 3.31. The second-order valence-corrected chi connectivity index (χ2v) is 4.59. The SMILES string of the molecule is CCCC1CCN(c2ccc(F)cc2N)C1. The van der Waals surface area contributed by atoms with E-state index in [0.717, 1.165) is 24.7 Å². The van der Waals surface area contributed by atoms with Crippen LogP contribution in [0.5, 0.6) is 0 Å². The van der Waals surface area contributed by atoms with Crippen molar-refractivity contribution in [3.63, 3.8) is 0 Å². The molecule has 0 aliphatic carbocycles. The van der Waals surface area contributed by atoms with Crippen LogP contribution >= 0.6 is 0 Å². The van der Waals surface area contributed by atoms with E-state index in [9.17, 15) is 4.39 Å². The molecule has 2 nitrogen and oxygen atoms in total. The highest BCUT2D eigenvalue weighted by atomic mass is 19.1. The first-order valence-corrected chi connectivity index (χ1v) is 6.00. The van der Waals surface area contributed by atoms with Gasteiger partial charge >= 0.3 is 0 Å². The molecule has 88 valence electrons. The molecule has 1 fully saturated rings. The molecule has 1 aromatic rings. The maximum Gasteiger partial charge on any atom is 0.125 e. The molecule has 1 saturated heterocycles. The van der Waals surface area contributed by atoms with Crippen molar-refractivity contribution in [1.82, 2.24) is 0 Å². The van der Waals surface area contributed by atoms with Crippen LogP contribution in [0, 0.1) is 11.7 Å². The van der Waals surface area contributed by atoms with Gasteiger partial charge < -0.3 is 10.6 Å². The number of anilines is 2. The molecule has 0 saturated carbocycles. The topological polar surface area (TPSA) is 29.3 Å². The minimum Gasteiger partial charge on any atom is -0.397 e. The Bertz CT molecular complexity index is 365. The van der Waals surface area contributed by atoms with Crippen LogP contribution in [0.25, 0.3) is 0 Å². The molecule has 16 heavy (non-hydrogen) atoms. The molecule has 0 radical (unpaired) electrons. The zero-order valence-electron chi connectivity index (χ0n) is 9.75. The van der Waals surface area contributed by atoms with Crippen molar-refractivity contribution >= 4 is 11.4 Å². The lowest BCUT2D eigenvalue weighted by molar-refractivity contribution is 0.530. The highest BCUT2D eigenvalue weighted by Crippen LogP contribution is 2.30. The summed E-state index contributed by atoms with van der Waals surface area (Å²) >= 11 is 0. The molecule has 0 bridgehead atoms. The first kappa shape index (κ1) is 11.2. The van der Waals surface area contributed by atoms with Crippen LogP contribution in [-0.2, 0) is 0 Å². The Kier molecular flexibility index (Phi) is 3.32. The van der Waals surface area contributed by atoms with E-state index in [-0.39, 0.29) is 5.82 Å². The van der Waals surface area contributed by atoms with Crippen LogP contribution in [0.3, 0.4) is 0 Å². The molecule has 0 spiro atoms. The van der Waals surface area contributed by atoms with Gasteiger partial charge in [0.15, 0.2) is 0 Å². The average molecular weight is 222 g/mol. The van der Waals surface area contributed by atoms with Gasteiger partial charge in [-0.1, -0.05) is 13.3 Å². The van der Waals surface area contributed by atoms with Gasteiger partial charge in [-0.3, -0.25) is 0 Å². The van der Waals surface area contributed by atoms with Crippen LogP contribution in [0.4, 0.5) is 15.8 Å². The summed E-state index contributed by atoms with van der Waals surface area (Å²) in [6.45, 7) is 4.32. The van der Waals surface area contributed by atoms with E-state index in [2.05, 4.69) is 11.8 Å². The summed E-state index contributed by atoms with van der Waals surface area (Å²) in [5.41, 5.74) is 7.38. The predicted octanol–water partition coefficient (Wildman–Crippen LogP) is 3.03. The summed E-state index contributed by atoms with van der Waals surface area (Å²) in [5, 5.41) is 0. The number of hydrogen-bond donors (Lipinski definition) is 1. The van der Waals surface area contributed by atoms with E-state index < -0.39 is 0 Å². The Labute approximate surface area is 96.2 Å². The van der Waals surface area contributed by atoms with Crippen molar-refractivity contribution in [2.45, 2.75) is 26.2 Å². The van der Waals surface area contributed by atoms with Gasteiger partial charge in [0.1, 0.15) is 5.82 Å². The van der Waals surface area contributed by atoms with Crippen molar-refractivity contribution in [3.05, 3.63) is 24.0 Å². The summed E-state index contributed by atoms with van der Waals surface area (Å²) in [4.78, 5) is 2.27.